The summed E-state index contributed by atoms with van der Waals surface area (Å²) in [4.78, 5) is 48.5. The van der Waals surface area contributed by atoms with Crippen LogP contribution >= 0.6 is 0 Å². The molecule has 21 heavy (non-hydrogen) atoms. The van der Waals surface area contributed by atoms with Crippen LogP contribution in [0.25, 0.3) is 0 Å². The Bertz CT molecular complexity index is 808. The summed E-state index contributed by atoms with van der Waals surface area (Å²) in [6.07, 6.45) is 0. The zero-order valence-corrected chi connectivity index (χ0v) is 10.8. The molecule has 0 saturated carbocycles. The number of nitrogens with zero attached hydrogens (tertiary/aromatic N) is 1. The van der Waals surface area contributed by atoms with Gasteiger partial charge in [-0.1, -0.05) is 6.07 Å². The van der Waals surface area contributed by atoms with E-state index in [4.69, 9.17) is 0 Å². The number of amides is 1. The number of nitro benzene ring substituents is 1. The van der Waals surface area contributed by atoms with Gasteiger partial charge >= 0.3 is 5.69 Å². The highest BCUT2D eigenvalue weighted by Crippen LogP contribution is 2.19. The molecule has 0 radical (unpaired) electrons. The van der Waals surface area contributed by atoms with Gasteiger partial charge in [0.2, 0.25) is 0 Å². The maximum absolute atomic E-state index is 12.0. The van der Waals surface area contributed by atoms with Gasteiger partial charge in [0.15, 0.2) is 0 Å². The van der Waals surface area contributed by atoms with E-state index in [1.807, 2.05) is 4.98 Å². The highest BCUT2D eigenvalue weighted by Gasteiger charge is 2.15. The molecular weight excluding hydrogens is 280 g/mol. The molecule has 0 aliphatic carbocycles. The lowest BCUT2D eigenvalue weighted by Crippen LogP contribution is -2.24. The van der Waals surface area contributed by atoms with Gasteiger partial charge < -0.3 is 5.32 Å². The molecule has 108 valence electrons. The molecule has 0 unspecified atom stereocenters. The lowest BCUT2D eigenvalue weighted by atomic mass is 10.1. The van der Waals surface area contributed by atoms with Crippen molar-refractivity contribution in [1.82, 2.24) is 9.97 Å². The predicted octanol–water partition coefficient (Wildman–Crippen LogP) is 0.532. The topological polar surface area (TPSA) is 138 Å². The van der Waals surface area contributed by atoms with E-state index in [9.17, 15) is 24.5 Å². The highest BCUT2D eigenvalue weighted by molar-refractivity contribution is 6.04. The molecule has 0 fully saturated rings. The van der Waals surface area contributed by atoms with E-state index in [1.54, 1.807) is 6.92 Å². The number of anilines is 1. The lowest BCUT2D eigenvalue weighted by Gasteiger charge is -2.05. The van der Waals surface area contributed by atoms with Crippen LogP contribution in [0.2, 0.25) is 0 Å². The van der Waals surface area contributed by atoms with E-state index < -0.39 is 22.1 Å². The van der Waals surface area contributed by atoms with Gasteiger partial charge in [-0.2, -0.15) is 0 Å². The molecule has 3 N–H and O–H groups in total. The third-order valence-corrected chi connectivity index (χ3v) is 2.68. The fraction of sp³-hybridized carbons (Fsp3) is 0.0833. The van der Waals surface area contributed by atoms with Crippen LogP contribution in [-0.2, 0) is 0 Å². The molecule has 0 spiro atoms. The quantitative estimate of drug-likeness (QED) is 0.559. The standard InChI is InChI=1S/C12H10N4O5/c1-6-2-3-7(4-8(6)16(20)21)11(18)13-9-5-10(17)15-12(19)14-9/h2-5H,1H3,(H3,13,14,15,17,18,19). The molecule has 2 aromatic rings. The Morgan fingerprint density at radius 2 is 1.95 bits per heavy atom. The number of benzene rings is 1. The van der Waals surface area contributed by atoms with Gasteiger partial charge in [0.05, 0.1) is 4.92 Å². The zero-order valence-electron chi connectivity index (χ0n) is 10.8. The molecule has 0 aliphatic rings. The first-order valence-electron chi connectivity index (χ1n) is 5.77. The molecule has 0 aliphatic heterocycles. The van der Waals surface area contributed by atoms with Gasteiger partial charge in [-0.25, -0.2) is 4.79 Å². The van der Waals surface area contributed by atoms with Crippen molar-refractivity contribution < 1.29 is 9.72 Å². The molecule has 1 aromatic heterocycles. The first-order chi connectivity index (χ1) is 9.86. The van der Waals surface area contributed by atoms with Gasteiger partial charge in [0.25, 0.3) is 17.2 Å². The number of carbonyl (C=O) groups is 1. The van der Waals surface area contributed by atoms with Crippen molar-refractivity contribution in [2.24, 2.45) is 0 Å². The zero-order chi connectivity index (χ0) is 15.6. The number of H-pyrrole nitrogens is 2. The van der Waals surface area contributed by atoms with Crippen LogP contribution in [0.1, 0.15) is 15.9 Å². The number of hydrogen-bond donors (Lipinski definition) is 3. The van der Waals surface area contributed by atoms with Gasteiger partial charge in [-0.3, -0.25) is 29.7 Å². The Morgan fingerprint density at radius 3 is 2.57 bits per heavy atom. The molecule has 1 amide bonds. The Kier molecular flexibility index (Phi) is 3.65. The Morgan fingerprint density at radius 1 is 1.24 bits per heavy atom. The third-order valence-electron chi connectivity index (χ3n) is 2.68. The summed E-state index contributed by atoms with van der Waals surface area (Å²) in [5.41, 5.74) is -1.19. The fourth-order valence-corrected chi connectivity index (χ4v) is 1.68. The van der Waals surface area contributed by atoms with Crippen LogP contribution in [-0.4, -0.2) is 20.8 Å². The van der Waals surface area contributed by atoms with Gasteiger partial charge in [-0.05, 0) is 13.0 Å². The number of aromatic nitrogens is 2. The summed E-state index contributed by atoms with van der Waals surface area (Å²) in [7, 11) is 0. The molecular formula is C12H10N4O5. The maximum Gasteiger partial charge on any atom is 0.327 e. The number of hydrogen-bond acceptors (Lipinski definition) is 5. The summed E-state index contributed by atoms with van der Waals surface area (Å²) in [6.45, 7) is 1.55. The van der Waals surface area contributed by atoms with Gasteiger partial charge in [0.1, 0.15) is 5.82 Å². The van der Waals surface area contributed by atoms with E-state index >= 15 is 0 Å². The third kappa shape index (κ3) is 3.21. The van der Waals surface area contributed by atoms with Crippen molar-refractivity contribution in [3.8, 4) is 0 Å². The molecule has 2 rings (SSSR count). The summed E-state index contributed by atoms with van der Waals surface area (Å²) in [5.74, 6) is -0.781. The molecule has 0 saturated heterocycles. The molecule has 9 nitrogen and oxygen atoms in total. The summed E-state index contributed by atoms with van der Waals surface area (Å²) < 4.78 is 0. The van der Waals surface area contributed by atoms with Crippen LogP contribution < -0.4 is 16.6 Å². The lowest BCUT2D eigenvalue weighted by molar-refractivity contribution is -0.385. The number of aryl methyl sites for hydroxylation is 1. The van der Waals surface area contributed by atoms with E-state index in [0.717, 1.165) is 12.1 Å². The first-order valence-corrected chi connectivity index (χ1v) is 5.77. The van der Waals surface area contributed by atoms with Crippen molar-refractivity contribution in [3.63, 3.8) is 0 Å². The second kappa shape index (κ2) is 5.41. The smallest absolute Gasteiger partial charge is 0.308 e. The minimum atomic E-state index is -0.771. The highest BCUT2D eigenvalue weighted by atomic mass is 16.6. The van der Waals surface area contributed by atoms with Crippen LogP contribution in [0.15, 0.2) is 33.9 Å². The van der Waals surface area contributed by atoms with Crippen molar-refractivity contribution in [2.45, 2.75) is 6.92 Å². The van der Waals surface area contributed by atoms with E-state index in [0.29, 0.717) is 5.56 Å². The van der Waals surface area contributed by atoms with Crippen molar-refractivity contribution in [1.29, 1.82) is 0 Å². The minimum Gasteiger partial charge on any atom is -0.308 e. The van der Waals surface area contributed by atoms with Crippen LogP contribution in [0.3, 0.4) is 0 Å². The predicted molar refractivity (Wildman–Crippen MR) is 73.5 cm³/mol. The van der Waals surface area contributed by atoms with Crippen molar-refractivity contribution >= 4 is 17.4 Å². The molecule has 1 heterocycles. The maximum atomic E-state index is 12.0. The molecule has 0 bridgehead atoms. The Hall–Kier alpha value is -3.23. The fourth-order valence-electron chi connectivity index (χ4n) is 1.68. The molecule has 9 heteroatoms. The average molecular weight is 290 g/mol. The van der Waals surface area contributed by atoms with Crippen LogP contribution in [0.5, 0.6) is 0 Å². The molecule has 0 atom stereocenters. The largest absolute Gasteiger partial charge is 0.327 e. The van der Waals surface area contributed by atoms with Crippen LogP contribution in [0, 0.1) is 17.0 Å². The summed E-state index contributed by atoms with van der Waals surface area (Å²) >= 11 is 0. The van der Waals surface area contributed by atoms with E-state index in [-0.39, 0.29) is 17.1 Å². The number of rotatable bonds is 3. The Balaban J connectivity index is 2.32. The van der Waals surface area contributed by atoms with Gasteiger partial charge in [-0.15, -0.1) is 0 Å². The number of carbonyl (C=O) groups excluding carboxylic acids is 1. The molecule has 1 aromatic carbocycles. The van der Waals surface area contributed by atoms with E-state index in [2.05, 4.69) is 10.3 Å². The second-order valence-electron chi connectivity index (χ2n) is 4.21. The van der Waals surface area contributed by atoms with Crippen molar-refractivity contribution in [2.75, 3.05) is 5.32 Å². The minimum absolute atomic E-state index is 0.0356. The summed E-state index contributed by atoms with van der Waals surface area (Å²) in [5, 5.41) is 13.1. The average Bonchev–Trinajstić information content (AvgIpc) is 2.37. The van der Waals surface area contributed by atoms with Crippen molar-refractivity contribution in [3.05, 3.63) is 66.3 Å². The first kappa shape index (κ1) is 14.2. The number of nitrogens with one attached hydrogen (secondary N) is 3. The second-order valence-corrected chi connectivity index (χ2v) is 4.21. The normalized spacial score (nSPS) is 10.1. The SMILES string of the molecule is Cc1ccc(C(=O)Nc2cc(=O)[nH]c(=O)[nH]2)cc1[N+](=O)[O-]. The monoisotopic (exact) mass is 290 g/mol. The van der Waals surface area contributed by atoms with E-state index in [1.165, 1.54) is 12.1 Å². The Labute approximate surface area is 116 Å². The summed E-state index contributed by atoms with van der Waals surface area (Å²) in [6, 6.07) is 4.95. The number of nitro groups is 1. The number of aromatic amines is 2. The van der Waals surface area contributed by atoms with Gasteiger partial charge in [0, 0.05) is 23.3 Å². The van der Waals surface area contributed by atoms with Crippen LogP contribution in [0.4, 0.5) is 11.5 Å².